The second-order valence-corrected chi connectivity index (χ2v) is 6.81. The summed E-state index contributed by atoms with van der Waals surface area (Å²) in [6.45, 7) is 2.50. The maximum absolute atomic E-state index is 12.6. The van der Waals surface area contributed by atoms with Crippen molar-refractivity contribution in [1.82, 2.24) is 10.2 Å². The summed E-state index contributed by atoms with van der Waals surface area (Å²) in [5.41, 5.74) is 0.176. The monoisotopic (exact) mass is 368 g/mol. The Balaban J connectivity index is 1.67. The number of hydrogen-bond donors (Lipinski definition) is 1. The van der Waals surface area contributed by atoms with Crippen molar-refractivity contribution in [3.8, 4) is 10.8 Å². The Kier molecular flexibility index (Phi) is 4.91. The van der Waals surface area contributed by atoms with E-state index in [0.717, 1.165) is 27.5 Å². The van der Waals surface area contributed by atoms with E-state index in [0.29, 0.717) is 18.3 Å². The van der Waals surface area contributed by atoms with Gasteiger partial charge in [0, 0.05) is 5.56 Å². The van der Waals surface area contributed by atoms with Crippen LogP contribution in [0.15, 0.2) is 46.2 Å². The average Bonchev–Trinajstić information content (AvgIpc) is 3.25. The number of nitrogens with one attached hydrogen (secondary N) is 1. The summed E-state index contributed by atoms with van der Waals surface area (Å²) in [5, 5.41) is 10.1. The number of thiophene rings is 1. The fraction of sp³-hybridized carbons (Fsp3) is 0.294. The van der Waals surface area contributed by atoms with Crippen LogP contribution in [-0.4, -0.2) is 17.2 Å². The molecule has 1 unspecified atom stereocenters. The van der Waals surface area contributed by atoms with Crippen molar-refractivity contribution in [3.05, 3.63) is 58.8 Å². The van der Waals surface area contributed by atoms with Gasteiger partial charge in [-0.2, -0.15) is 13.2 Å². The first-order chi connectivity index (χ1) is 11.8. The lowest BCUT2D eigenvalue weighted by molar-refractivity contribution is -0.925. The summed E-state index contributed by atoms with van der Waals surface area (Å²) in [5.74, 6) is 0.993. The molecule has 0 fully saturated rings. The highest BCUT2D eigenvalue weighted by Gasteiger charge is 2.30. The van der Waals surface area contributed by atoms with E-state index in [1.165, 1.54) is 23.5 Å². The summed E-state index contributed by atoms with van der Waals surface area (Å²) >= 11 is 1.52. The fourth-order valence-corrected chi connectivity index (χ4v) is 3.05. The van der Waals surface area contributed by atoms with E-state index in [9.17, 15) is 13.2 Å². The summed E-state index contributed by atoms with van der Waals surface area (Å²) in [7, 11) is 1.94. The Labute approximate surface area is 146 Å². The van der Waals surface area contributed by atoms with Crippen molar-refractivity contribution in [2.45, 2.75) is 25.7 Å². The molecular formula is C17H17F3N3OS+. The van der Waals surface area contributed by atoms with Gasteiger partial charge in [0.25, 0.3) is 11.8 Å². The topological polar surface area (TPSA) is 43.4 Å². The van der Waals surface area contributed by atoms with E-state index < -0.39 is 11.7 Å². The minimum absolute atomic E-state index is 0.0801. The first-order valence-electron chi connectivity index (χ1n) is 7.70. The van der Waals surface area contributed by atoms with Gasteiger partial charge < -0.3 is 9.32 Å². The van der Waals surface area contributed by atoms with Crippen LogP contribution in [0.3, 0.4) is 0 Å². The van der Waals surface area contributed by atoms with Crippen LogP contribution in [0, 0.1) is 0 Å². The molecule has 3 aromatic rings. The molecule has 0 aliphatic heterocycles. The van der Waals surface area contributed by atoms with E-state index in [4.69, 9.17) is 4.42 Å². The van der Waals surface area contributed by atoms with Crippen LogP contribution >= 0.6 is 11.3 Å². The third kappa shape index (κ3) is 4.08. The predicted octanol–water partition coefficient (Wildman–Crippen LogP) is 3.59. The molecule has 0 amide bonds. The lowest BCUT2D eigenvalue weighted by atomic mass is 10.1. The maximum Gasteiger partial charge on any atom is 0.416 e. The molecular weight excluding hydrogens is 351 g/mol. The van der Waals surface area contributed by atoms with Crippen LogP contribution in [-0.2, 0) is 12.7 Å². The van der Waals surface area contributed by atoms with E-state index in [-0.39, 0.29) is 6.04 Å². The standard InChI is InChI=1S/C17H16F3N3OS/c1-11(15-21-22-16(24-15)14-4-3-9-25-14)23(2)10-12-5-7-13(8-6-12)17(18,19)20/h3-9,11H,10H2,1-2H3/p+1/t11-/m1/s1. The quantitative estimate of drug-likeness (QED) is 0.748. The van der Waals surface area contributed by atoms with E-state index >= 15 is 0 Å². The van der Waals surface area contributed by atoms with Crippen LogP contribution in [0.1, 0.15) is 30.0 Å². The highest BCUT2D eigenvalue weighted by atomic mass is 32.1. The molecule has 25 heavy (non-hydrogen) atoms. The molecule has 3 rings (SSSR count). The Morgan fingerprint density at radius 1 is 1.16 bits per heavy atom. The number of benzene rings is 1. The van der Waals surface area contributed by atoms with Crippen LogP contribution < -0.4 is 4.90 Å². The van der Waals surface area contributed by atoms with Gasteiger partial charge in [-0.15, -0.1) is 21.5 Å². The normalized spacial score (nSPS) is 14.4. The molecule has 8 heteroatoms. The second-order valence-electron chi connectivity index (χ2n) is 5.86. The van der Waals surface area contributed by atoms with E-state index in [1.807, 2.05) is 31.5 Å². The molecule has 4 nitrogen and oxygen atoms in total. The van der Waals surface area contributed by atoms with Crippen molar-refractivity contribution in [3.63, 3.8) is 0 Å². The Hall–Kier alpha value is -2.19. The van der Waals surface area contributed by atoms with Crippen molar-refractivity contribution in [2.24, 2.45) is 0 Å². The first-order valence-corrected chi connectivity index (χ1v) is 8.58. The highest BCUT2D eigenvalue weighted by Crippen LogP contribution is 2.29. The third-order valence-corrected chi connectivity index (χ3v) is 4.90. The molecule has 1 aromatic carbocycles. The Morgan fingerprint density at radius 2 is 1.88 bits per heavy atom. The van der Waals surface area contributed by atoms with Gasteiger partial charge in [-0.1, -0.05) is 18.2 Å². The summed E-state index contributed by atoms with van der Waals surface area (Å²) < 4.78 is 43.6. The molecule has 0 spiro atoms. The smallest absolute Gasteiger partial charge is 0.414 e. The van der Waals surface area contributed by atoms with Crippen LogP contribution in [0.5, 0.6) is 0 Å². The van der Waals surface area contributed by atoms with Gasteiger partial charge in [-0.3, -0.25) is 0 Å². The van der Waals surface area contributed by atoms with Crippen molar-refractivity contribution in [1.29, 1.82) is 0 Å². The number of rotatable bonds is 5. The van der Waals surface area contributed by atoms with E-state index in [2.05, 4.69) is 10.2 Å². The second kappa shape index (κ2) is 6.97. The minimum Gasteiger partial charge on any atom is -0.414 e. The summed E-state index contributed by atoms with van der Waals surface area (Å²) in [6.07, 6.45) is -4.31. The molecule has 2 aromatic heterocycles. The SMILES string of the molecule is C[C@H](c1nnc(-c2cccs2)o1)[NH+](C)Cc1ccc(C(F)(F)F)cc1. The van der Waals surface area contributed by atoms with Gasteiger partial charge in [0.05, 0.1) is 17.5 Å². The highest BCUT2D eigenvalue weighted by molar-refractivity contribution is 7.13. The van der Waals surface area contributed by atoms with Gasteiger partial charge in [0.15, 0.2) is 6.04 Å². The van der Waals surface area contributed by atoms with Gasteiger partial charge in [0.2, 0.25) is 0 Å². The molecule has 0 saturated carbocycles. The molecule has 0 aliphatic rings. The van der Waals surface area contributed by atoms with Gasteiger partial charge >= 0.3 is 6.18 Å². The minimum atomic E-state index is -4.31. The molecule has 0 saturated heterocycles. The molecule has 132 valence electrons. The molecule has 2 atom stereocenters. The van der Waals surface area contributed by atoms with Crippen molar-refractivity contribution < 1.29 is 22.5 Å². The number of aromatic nitrogens is 2. The molecule has 0 aliphatic carbocycles. The zero-order chi connectivity index (χ0) is 18.0. The zero-order valence-electron chi connectivity index (χ0n) is 13.7. The summed E-state index contributed by atoms with van der Waals surface area (Å²) in [6, 6.07) is 8.96. The van der Waals surface area contributed by atoms with Crippen molar-refractivity contribution >= 4 is 11.3 Å². The van der Waals surface area contributed by atoms with Gasteiger partial charge in [-0.05, 0) is 30.5 Å². The lowest BCUT2D eigenvalue weighted by Gasteiger charge is -2.19. The molecule has 0 radical (unpaired) electrons. The number of hydrogen-bond acceptors (Lipinski definition) is 4. The zero-order valence-corrected chi connectivity index (χ0v) is 14.5. The fourth-order valence-electron chi connectivity index (χ4n) is 2.41. The van der Waals surface area contributed by atoms with Crippen LogP contribution in [0.2, 0.25) is 0 Å². The number of quaternary nitrogens is 1. The Bertz CT molecular complexity index is 813. The predicted molar refractivity (Wildman–Crippen MR) is 88.1 cm³/mol. The van der Waals surface area contributed by atoms with Crippen molar-refractivity contribution in [2.75, 3.05) is 7.05 Å². The molecule has 1 N–H and O–H groups in total. The number of halogens is 3. The lowest BCUT2D eigenvalue weighted by Crippen LogP contribution is -3.07. The maximum atomic E-state index is 12.6. The van der Waals surface area contributed by atoms with Gasteiger partial charge in [-0.25, -0.2) is 0 Å². The Morgan fingerprint density at radius 3 is 2.48 bits per heavy atom. The number of alkyl halides is 3. The average molecular weight is 368 g/mol. The summed E-state index contributed by atoms with van der Waals surface area (Å²) in [4.78, 5) is 1.95. The van der Waals surface area contributed by atoms with Gasteiger partial charge in [0.1, 0.15) is 6.54 Å². The largest absolute Gasteiger partial charge is 0.416 e. The number of nitrogens with zero attached hydrogens (tertiary/aromatic N) is 2. The van der Waals surface area contributed by atoms with Crippen LogP contribution in [0.25, 0.3) is 10.8 Å². The first kappa shape index (κ1) is 17.6. The molecule has 2 heterocycles. The van der Waals surface area contributed by atoms with Crippen LogP contribution in [0.4, 0.5) is 13.2 Å². The molecule has 0 bridgehead atoms. The third-order valence-electron chi connectivity index (χ3n) is 4.05. The van der Waals surface area contributed by atoms with E-state index in [1.54, 1.807) is 0 Å².